The van der Waals surface area contributed by atoms with Crippen molar-refractivity contribution in [1.82, 2.24) is 5.32 Å². The third-order valence-electron chi connectivity index (χ3n) is 3.21. The standard InChI is InChI=1S/C16H23NO4/c1-4-14(15(18)17-12(2)16(19)20-3)11-21-10-13-8-6-5-7-9-13/h5-9,12,14H,4,10-11H2,1-3H3,(H,17,18)/t12-,14-/m1/s1. The van der Waals surface area contributed by atoms with Crippen LogP contribution >= 0.6 is 0 Å². The normalized spacial score (nSPS) is 13.3. The molecule has 116 valence electrons. The summed E-state index contributed by atoms with van der Waals surface area (Å²) in [6.45, 7) is 4.31. The van der Waals surface area contributed by atoms with Gasteiger partial charge in [0.2, 0.25) is 5.91 Å². The van der Waals surface area contributed by atoms with E-state index in [4.69, 9.17) is 4.74 Å². The summed E-state index contributed by atoms with van der Waals surface area (Å²) in [5, 5.41) is 2.64. The quantitative estimate of drug-likeness (QED) is 0.744. The lowest BCUT2D eigenvalue weighted by Gasteiger charge is -2.18. The number of hydrogen-bond donors (Lipinski definition) is 1. The Morgan fingerprint density at radius 1 is 1.24 bits per heavy atom. The predicted octanol–water partition coefficient (Wildman–Crippen LogP) is 1.91. The molecule has 1 aromatic rings. The minimum absolute atomic E-state index is 0.191. The second kappa shape index (κ2) is 9.13. The van der Waals surface area contributed by atoms with Crippen molar-refractivity contribution >= 4 is 11.9 Å². The summed E-state index contributed by atoms with van der Waals surface area (Å²) >= 11 is 0. The molecule has 0 aliphatic rings. The number of benzene rings is 1. The average molecular weight is 293 g/mol. The third-order valence-corrected chi connectivity index (χ3v) is 3.21. The van der Waals surface area contributed by atoms with E-state index >= 15 is 0 Å². The van der Waals surface area contributed by atoms with Gasteiger partial charge in [-0.25, -0.2) is 4.79 Å². The molecule has 5 nitrogen and oxygen atoms in total. The van der Waals surface area contributed by atoms with Crippen LogP contribution in [0.15, 0.2) is 30.3 Å². The summed E-state index contributed by atoms with van der Waals surface area (Å²) < 4.78 is 10.2. The summed E-state index contributed by atoms with van der Waals surface area (Å²) in [6, 6.07) is 9.13. The third kappa shape index (κ3) is 5.95. The lowest BCUT2D eigenvalue weighted by atomic mass is 10.1. The molecule has 1 rings (SSSR count). The van der Waals surface area contributed by atoms with Gasteiger partial charge >= 0.3 is 5.97 Å². The van der Waals surface area contributed by atoms with Crippen molar-refractivity contribution < 1.29 is 19.1 Å². The van der Waals surface area contributed by atoms with Crippen molar-refractivity contribution in [2.75, 3.05) is 13.7 Å². The van der Waals surface area contributed by atoms with Crippen molar-refractivity contribution in [1.29, 1.82) is 0 Å². The number of esters is 1. The van der Waals surface area contributed by atoms with Crippen LogP contribution in [-0.2, 0) is 25.7 Å². The predicted molar refractivity (Wildman–Crippen MR) is 79.5 cm³/mol. The molecule has 1 aromatic carbocycles. The molecule has 0 fully saturated rings. The Balaban J connectivity index is 2.40. The molecular weight excluding hydrogens is 270 g/mol. The summed E-state index contributed by atoms with van der Waals surface area (Å²) in [5.74, 6) is -0.923. The van der Waals surface area contributed by atoms with Gasteiger partial charge in [0.15, 0.2) is 0 Å². The average Bonchev–Trinajstić information content (AvgIpc) is 2.51. The van der Waals surface area contributed by atoms with E-state index in [0.29, 0.717) is 19.6 Å². The molecule has 5 heteroatoms. The number of carbonyl (C=O) groups excluding carboxylic acids is 2. The van der Waals surface area contributed by atoms with Crippen LogP contribution in [0.5, 0.6) is 0 Å². The first-order valence-electron chi connectivity index (χ1n) is 7.08. The number of hydrogen-bond acceptors (Lipinski definition) is 4. The van der Waals surface area contributed by atoms with Crippen LogP contribution in [0.2, 0.25) is 0 Å². The zero-order valence-corrected chi connectivity index (χ0v) is 12.8. The van der Waals surface area contributed by atoms with Gasteiger partial charge in [-0.15, -0.1) is 0 Å². The van der Waals surface area contributed by atoms with Crippen LogP contribution in [0.3, 0.4) is 0 Å². The highest BCUT2D eigenvalue weighted by atomic mass is 16.5. The molecule has 0 heterocycles. The second-order valence-corrected chi connectivity index (χ2v) is 4.86. The SMILES string of the molecule is CC[C@H](COCc1ccccc1)C(=O)N[C@H](C)C(=O)OC. The fourth-order valence-electron chi connectivity index (χ4n) is 1.84. The first-order chi connectivity index (χ1) is 10.1. The minimum atomic E-state index is -0.648. The fourth-order valence-corrected chi connectivity index (χ4v) is 1.84. The highest BCUT2D eigenvalue weighted by Crippen LogP contribution is 2.07. The van der Waals surface area contributed by atoms with Crippen molar-refractivity contribution in [2.24, 2.45) is 5.92 Å². The molecule has 0 unspecified atom stereocenters. The van der Waals surface area contributed by atoms with Crippen molar-refractivity contribution in [2.45, 2.75) is 32.9 Å². The molecule has 0 radical (unpaired) electrons. The molecule has 0 aromatic heterocycles. The van der Waals surface area contributed by atoms with Crippen LogP contribution in [0.1, 0.15) is 25.8 Å². The van der Waals surface area contributed by atoms with Gasteiger partial charge in [-0.05, 0) is 18.9 Å². The van der Waals surface area contributed by atoms with E-state index in [2.05, 4.69) is 10.1 Å². The van der Waals surface area contributed by atoms with E-state index < -0.39 is 12.0 Å². The van der Waals surface area contributed by atoms with Gasteiger partial charge in [0.1, 0.15) is 6.04 Å². The summed E-state index contributed by atoms with van der Waals surface area (Å²) in [7, 11) is 1.30. The van der Waals surface area contributed by atoms with Crippen LogP contribution in [0, 0.1) is 5.92 Å². The molecule has 0 saturated carbocycles. The maximum atomic E-state index is 12.0. The number of amides is 1. The van der Waals surface area contributed by atoms with E-state index in [-0.39, 0.29) is 11.8 Å². The Morgan fingerprint density at radius 2 is 1.90 bits per heavy atom. The summed E-state index contributed by atoms with van der Waals surface area (Å²) in [6.07, 6.45) is 0.647. The van der Waals surface area contributed by atoms with Crippen LogP contribution in [0.25, 0.3) is 0 Å². The summed E-state index contributed by atoms with van der Waals surface area (Å²) in [5.41, 5.74) is 1.07. The van der Waals surface area contributed by atoms with Crippen molar-refractivity contribution in [3.8, 4) is 0 Å². The molecule has 0 bridgehead atoms. The topological polar surface area (TPSA) is 64.6 Å². The van der Waals surface area contributed by atoms with E-state index in [1.165, 1.54) is 7.11 Å². The fraction of sp³-hybridized carbons (Fsp3) is 0.500. The highest BCUT2D eigenvalue weighted by Gasteiger charge is 2.22. The Morgan fingerprint density at radius 3 is 2.48 bits per heavy atom. The van der Waals surface area contributed by atoms with Gasteiger partial charge in [0, 0.05) is 0 Å². The van der Waals surface area contributed by atoms with Crippen LogP contribution in [0.4, 0.5) is 0 Å². The van der Waals surface area contributed by atoms with Gasteiger partial charge in [-0.2, -0.15) is 0 Å². The molecule has 1 N–H and O–H groups in total. The molecule has 1 amide bonds. The number of nitrogens with one attached hydrogen (secondary N) is 1. The Labute approximate surface area is 125 Å². The van der Waals surface area contributed by atoms with Gasteiger partial charge in [-0.3, -0.25) is 4.79 Å². The number of rotatable bonds is 8. The number of methoxy groups -OCH3 is 1. The van der Waals surface area contributed by atoms with Crippen LogP contribution < -0.4 is 5.32 Å². The zero-order valence-electron chi connectivity index (χ0n) is 12.8. The van der Waals surface area contributed by atoms with E-state index in [1.807, 2.05) is 37.3 Å². The maximum Gasteiger partial charge on any atom is 0.328 e. The van der Waals surface area contributed by atoms with Gasteiger partial charge in [-0.1, -0.05) is 37.3 Å². The van der Waals surface area contributed by atoms with Gasteiger partial charge < -0.3 is 14.8 Å². The van der Waals surface area contributed by atoms with Gasteiger partial charge in [0.05, 0.1) is 26.2 Å². The monoisotopic (exact) mass is 293 g/mol. The molecule has 21 heavy (non-hydrogen) atoms. The lowest BCUT2D eigenvalue weighted by molar-refractivity contribution is -0.145. The molecule has 0 spiro atoms. The number of carbonyl (C=O) groups is 2. The zero-order chi connectivity index (χ0) is 15.7. The second-order valence-electron chi connectivity index (χ2n) is 4.86. The Hall–Kier alpha value is -1.88. The van der Waals surface area contributed by atoms with Crippen molar-refractivity contribution in [3.05, 3.63) is 35.9 Å². The first-order valence-corrected chi connectivity index (χ1v) is 7.08. The smallest absolute Gasteiger partial charge is 0.328 e. The van der Waals surface area contributed by atoms with E-state index in [1.54, 1.807) is 6.92 Å². The van der Waals surface area contributed by atoms with Gasteiger partial charge in [0.25, 0.3) is 0 Å². The Kier molecular flexibility index (Phi) is 7.46. The first kappa shape index (κ1) is 17.2. The number of ether oxygens (including phenoxy) is 2. The molecule has 0 aliphatic carbocycles. The minimum Gasteiger partial charge on any atom is -0.467 e. The molecule has 2 atom stereocenters. The molecule has 0 saturated heterocycles. The molecular formula is C16H23NO4. The lowest BCUT2D eigenvalue weighted by Crippen LogP contribution is -2.43. The van der Waals surface area contributed by atoms with E-state index in [9.17, 15) is 9.59 Å². The van der Waals surface area contributed by atoms with Crippen LogP contribution in [-0.4, -0.2) is 31.6 Å². The maximum absolute atomic E-state index is 12.0. The van der Waals surface area contributed by atoms with E-state index in [0.717, 1.165) is 5.56 Å². The highest BCUT2D eigenvalue weighted by molar-refractivity contribution is 5.85. The van der Waals surface area contributed by atoms with Crippen molar-refractivity contribution in [3.63, 3.8) is 0 Å². The summed E-state index contributed by atoms with van der Waals surface area (Å²) in [4.78, 5) is 23.3. The molecule has 0 aliphatic heterocycles. The largest absolute Gasteiger partial charge is 0.467 e. The Bertz CT molecular complexity index is 447.